The lowest BCUT2D eigenvalue weighted by Crippen LogP contribution is -1.88. The first kappa shape index (κ1) is 9.37. The molecule has 0 aliphatic rings. The molecule has 1 nitrogen and oxygen atoms in total. The van der Waals surface area contributed by atoms with Crippen molar-refractivity contribution in [1.82, 2.24) is 0 Å². The lowest BCUT2D eigenvalue weighted by Gasteiger charge is -2.05. The van der Waals surface area contributed by atoms with E-state index >= 15 is 0 Å². The van der Waals surface area contributed by atoms with Crippen LogP contribution in [0, 0.1) is 0 Å². The van der Waals surface area contributed by atoms with E-state index in [-0.39, 0.29) is 0 Å². The van der Waals surface area contributed by atoms with Crippen molar-refractivity contribution in [2.45, 2.75) is 4.90 Å². The van der Waals surface area contributed by atoms with Crippen molar-refractivity contribution in [1.29, 1.82) is 0 Å². The number of nitrogen functional groups attached to an aromatic ring is 1. The highest BCUT2D eigenvalue weighted by molar-refractivity contribution is 9.10. The molecule has 0 saturated carbocycles. The summed E-state index contributed by atoms with van der Waals surface area (Å²) < 4.78 is 2.41. The third-order valence-electron chi connectivity index (χ3n) is 1.87. The third-order valence-corrected chi connectivity index (χ3v) is 4.99. The number of fused-ring (bicyclic) bond motifs is 1. The van der Waals surface area contributed by atoms with Gasteiger partial charge in [-0.3, -0.25) is 0 Å². The molecule has 1 heterocycles. The molecule has 1 aromatic carbocycles. The summed E-state index contributed by atoms with van der Waals surface area (Å²) in [5.41, 5.74) is 6.76. The van der Waals surface area contributed by atoms with Crippen molar-refractivity contribution in [3.05, 3.63) is 22.0 Å². The smallest absolute Gasteiger partial charge is 0.0510 e. The maximum Gasteiger partial charge on any atom is 0.0510 e. The molecule has 13 heavy (non-hydrogen) atoms. The van der Waals surface area contributed by atoms with E-state index in [0.29, 0.717) is 0 Å². The van der Waals surface area contributed by atoms with Crippen molar-refractivity contribution in [2.24, 2.45) is 0 Å². The zero-order chi connectivity index (χ0) is 9.42. The lowest BCUT2D eigenvalue weighted by atomic mass is 10.2. The number of benzene rings is 1. The van der Waals surface area contributed by atoms with Gasteiger partial charge in [-0.15, -0.1) is 23.1 Å². The molecule has 0 atom stereocenters. The minimum atomic E-state index is 0.852. The number of halogens is 1. The highest BCUT2D eigenvalue weighted by Crippen LogP contribution is 2.39. The van der Waals surface area contributed by atoms with Crippen LogP contribution < -0.4 is 5.73 Å². The molecular formula is C9H8BrNS2. The van der Waals surface area contributed by atoms with Gasteiger partial charge >= 0.3 is 0 Å². The molecule has 2 rings (SSSR count). The monoisotopic (exact) mass is 273 g/mol. The SMILES string of the molecule is CSc1c(N)cc2ccsc2c1Br. The Hall–Kier alpha value is -0.190. The normalized spacial score (nSPS) is 10.9. The van der Waals surface area contributed by atoms with E-state index in [1.54, 1.807) is 23.1 Å². The van der Waals surface area contributed by atoms with Crippen LogP contribution in [0.1, 0.15) is 0 Å². The van der Waals surface area contributed by atoms with Gasteiger partial charge in [0.15, 0.2) is 0 Å². The Morgan fingerprint density at radius 2 is 2.31 bits per heavy atom. The summed E-state index contributed by atoms with van der Waals surface area (Å²) in [4.78, 5) is 1.13. The van der Waals surface area contributed by atoms with Gasteiger partial charge in [-0.1, -0.05) is 0 Å². The second-order valence-corrected chi connectivity index (χ2v) is 5.18. The van der Waals surface area contributed by atoms with Gasteiger partial charge < -0.3 is 5.73 Å². The molecule has 0 amide bonds. The summed E-state index contributed by atoms with van der Waals surface area (Å²) in [6.07, 6.45) is 2.04. The Bertz CT molecular complexity index is 450. The average molecular weight is 274 g/mol. The van der Waals surface area contributed by atoms with Crippen LogP contribution in [0.2, 0.25) is 0 Å². The van der Waals surface area contributed by atoms with Gasteiger partial charge in [0, 0.05) is 15.3 Å². The number of hydrogen-bond donors (Lipinski definition) is 1. The van der Waals surface area contributed by atoms with E-state index in [1.165, 1.54) is 10.1 Å². The largest absolute Gasteiger partial charge is 0.398 e. The Balaban J connectivity index is 2.85. The van der Waals surface area contributed by atoms with Gasteiger partial charge in [0.25, 0.3) is 0 Å². The predicted molar refractivity (Wildman–Crippen MR) is 65.7 cm³/mol. The molecule has 2 N–H and O–H groups in total. The fourth-order valence-electron chi connectivity index (χ4n) is 1.28. The first-order chi connectivity index (χ1) is 6.24. The fraction of sp³-hybridized carbons (Fsp3) is 0.111. The van der Waals surface area contributed by atoms with Gasteiger partial charge in [0.1, 0.15) is 0 Å². The van der Waals surface area contributed by atoms with E-state index in [9.17, 15) is 0 Å². The number of nitrogens with two attached hydrogens (primary N) is 1. The van der Waals surface area contributed by atoms with Gasteiger partial charge in [0.05, 0.1) is 4.47 Å². The molecule has 0 aliphatic carbocycles. The average Bonchev–Trinajstić information content (AvgIpc) is 2.53. The van der Waals surface area contributed by atoms with Crippen molar-refractivity contribution in [3.8, 4) is 0 Å². The molecular weight excluding hydrogens is 266 g/mol. The number of thioether (sulfide) groups is 1. The van der Waals surface area contributed by atoms with E-state index in [0.717, 1.165) is 15.1 Å². The minimum Gasteiger partial charge on any atom is -0.398 e. The first-order valence-electron chi connectivity index (χ1n) is 3.73. The van der Waals surface area contributed by atoms with Crippen molar-refractivity contribution < 1.29 is 0 Å². The van der Waals surface area contributed by atoms with Gasteiger partial charge in [0.2, 0.25) is 0 Å². The first-order valence-corrected chi connectivity index (χ1v) is 6.63. The minimum absolute atomic E-state index is 0.852. The predicted octanol–water partition coefficient (Wildman–Crippen LogP) is 3.97. The molecule has 0 radical (unpaired) electrons. The van der Waals surface area contributed by atoms with Crippen LogP contribution >= 0.6 is 39.0 Å². The summed E-state index contributed by atoms with van der Waals surface area (Å²) in [6.45, 7) is 0. The number of thiophene rings is 1. The van der Waals surface area contributed by atoms with E-state index in [4.69, 9.17) is 5.73 Å². The van der Waals surface area contributed by atoms with Crippen LogP contribution in [-0.4, -0.2) is 6.26 Å². The quantitative estimate of drug-likeness (QED) is 0.629. The van der Waals surface area contributed by atoms with Crippen LogP contribution in [-0.2, 0) is 0 Å². The Morgan fingerprint density at radius 1 is 1.54 bits per heavy atom. The summed E-state index contributed by atoms with van der Waals surface area (Å²) in [5.74, 6) is 0. The second-order valence-electron chi connectivity index (χ2n) is 2.65. The van der Waals surface area contributed by atoms with Crippen molar-refractivity contribution >= 4 is 54.8 Å². The summed E-state index contributed by atoms with van der Waals surface area (Å²) in [5, 5.41) is 3.30. The maximum absolute atomic E-state index is 5.91. The molecule has 1 aromatic heterocycles. The van der Waals surface area contributed by atoms with Crippen LogP contribution in [0.3, 0.4) is 0 Å². The summed E-state index contributed by atoms with van der Waals surface area (Å²) in [7, 11) is 0. The topological polar surface area (TPSA) is 26.0 Å². The van der Waals surface area contributed by atoms with Crippen molar-refractivity contribution in [2.75, 3.05) is 12.0 Å². The van der Waals surface area contributed by atoms with Gasteiger partial charge in [-0.2, -0.15) is 0 Å². The van der Waals surface area contributed by atoms with Crippen LogP contribution in [0.25, 0.3) is 10.1 Å². The number of hydrogen-bond acceptors (Lipinski definition) is 3. The Kier molecular flexibility index (Phi) is 2.53. The molecule has 4 heteroatoms. The molecule has 0 spiro atoms. The van der Waals surface area contributed by atoms with Crippen molar-refractivity contribution in [3.63, 3.8) is 0 Å². The molecule has 68 valence electrons. The zero-order valence-corrected chi connectivity index (χ0v) is 10.2. The molecule has 0 bridgehead atoms. The molecule has 0 fully saturated rings. The molecule has 2 aromatic rings. The van der Waals surface area contributed by atoms with Gasteiger partial charge in [-0.05, 0) is 45.1 Å². The van der Waals surface area contributed by atoms with Gasteiger partial charge in [-0.25, -0.2) is 0 Å². The third kappa shape index (κ3) is 1.47. The summed E-state index contributed by atoms with van der Waals surface area (Å²) in [6, 6.07) is 4.12. The van der Waals surface area contributed by atoms with E-state index < -0.39 is 0 Å². The highest BCUT2D eigenvalue weighted by Gasteiger charge is 2.09. The number of anilines is 1. The van der Waals surface area contributed by atoms with Crippen LogP contribution in [0.5, 0.6) is 0 Å². The van der Waals surface area contributed by atoms with Crippen LogP contribution in [0.15, 0.2) is 26.9 Å². The zero-order valence-electron chi connectivity index (χ0n) is 7.00. The standard InChI is InChI=1S/C9H8BrNS2/c1-12-9-6(11)4-5-2-3-13-8(5)7(9)10/h2-4H,11H2,1H3. The van der Waals surface area contributed by atoms with E-state index in [1.807, 2.05) is 12.3 Å². The maximum atomic E-state index is 5.91. The van der Waals surface area contributed by atoms with Crippen LogP contribution in [0.4, 0.5) is 5.69 Å². The fourth-order valence-corrected chi connectivity index (χ4v) is 3.97. The summed E-state index contributed by atoms with van der Waals surface area (Å²) >= 11 is 6.99. The molecule has 0 unspecified atom stereocenters. The highest BCUT2D eigenvalue weighted by atomic mass is 79.9. The lowest BCUT2D eigenvalue weighted by molar-refractivity contribution is 1.47. The number of rotatable bonds is 1. The molecule has 0 saturated heterocycles. The Labute approximate surface area is 93.4 Å². The second kappa shape index (κ2) is 3.52. The van der Waals surface area contributed by atoms with E-state index in [2.05, 4.69) is 27.4 Å². The Morgan fingerprint density at radius 3 is 3.00 bits per heavy atom. The molecule has 0 aliphatic heterocycles.